The molecule has 3 fully saturated rings. The van der Waals surface area contributed by atoms with Gasteiger partial charge in [0.15, 0.2) is 0 Å². The second kappa shape index (κ2) is 9.13. The molecule has 8 atom stereocenters. The molecule has 0 saturated heterocycles. The fraction of sp³-hybridized carbons (Fsp3) is 0.743. The molecule has 4 aliphatic carbocycles. The molecule has 1 aromatic heterocycles. The second-order valence-electron chi connectivity index (χ2n) is 14.9. The van der Waals surface area contributed by atoms with Crippen LogP contribution in [0, 0.1) is 59.2 Å². The SMILES string of the molecule is Cc1ccc2nc3c(cc2c1)C[C@]1(C)C2CC[C@@]4(C)C(CC[C@@H]4[C@H](C)CCCC(C)C)C2CC[C@H]1C3. The zero-order valence-electron chi connectivity index (χ0n) is 24.1. The minimum absolute atomic E-state index is 0.470. The van der Waals surface area contributed by atoms with E-state index in [9.17, 15) is 0 Å². The van der Waals surface area contributed by atoms with Gasteiger partial charge in [-0.2, -0.15) is 0 Å². The van der Waals surface area contributed by atoms with Gasteiger partial charge >= 0.3 is 0 Å². The molecule has 4 aliphatic rings. The molecule has 1 heteroatoms. The monoisotopic (exact) mass is 485 g/mol. The summed E-state index contributed by atoms with van der Waals surface area (Å²) in [7, 11) is 0. The van der Waals surface area contributed by atoms with Crippen molar-refractivity contribution in [2.75, 3.05) is 0 Å². The van der Waals surface area contributed by atoms with E-state index >= 15 is 0 Å². The number of hydrogen-bond donors (Lipinski definition) is 0. The average molecular weight is 486 g/mol. The van der Waals surface area contributed by atoms with Crippen molar-refractivity contribution in [2.45, 2.75) is 112 Å². The molecule has 6 rings (SSSR count). The zero-order valence-corrected chi connectivity index (χ0v) is 24.1. The lowest BCUT2D eigenvalue weighted by Crippen LogP contribution is -2.54. The highest BCUT2D eigenvalue weighted by Gasteiger charge is 2.60. The lowest BCUT2D eigenvalue weighted by molar-refractivity contribution is -0.103. The van der Waals surface area contributed by atoms with Gasteiger partial charge in [0, 0.05) is 11.1 Å². The molecule has 0 bridgehead atoms. The lowest BCUT2D eigenvalue weighted by atomic mass is 9.44. The summed E-state index contributed by atoms with van der Waals surface area (Å²) in [6, 6.07) is 9.32. The Morgan fingerprint density at radius 3 is 2.53 bits per heavy atom. The number of benzene rings is 1. The van der Waals surface area contributed by atoms with Crippen LogP contribution in [0.3, 0.4) is 0 Å². The Morgan fingerprint density at radius 2 is 1.72 bits per heavy atom. The Morgan fingerprint density at radius 1 is 0.917 bits per heavy atom. The molecule has 0 radical (unpaired) electrons. The summed E-state index contributed by atoms with van der Waals surface area (Å²) in [5.74, 6) is 6.43. The molecule has 1 aromatic carbocycles. The third kappa shape index (κ3) is 3.97. The maximum Gasteiger partial charge on any atom is 0.0705 e. The molecule has 1 nitrogen and oxygen atoms in total. The van der Waals surface area contributed by atoms with Crippen molar-refractivity contribution in [3.05, 3.63) is 41.1 Å². The average Bonchev–Trinajstić information content (AvgIpc) is 3.18. The smallest absolute Gasteiger partial charge is 0.0705 e. The van der Waals surface area contributed by atoms with Gasteiger partial charge in [-0.15, -0.1) is 0 Å². The fourth-order valence-corrected chi connectivity index (χ4v) is 10.5. The van der Waals surface area contributed by atoms with E-state index in [1.807, 2.05) is 0 Å². The van der Waals surface area contributed by atoms with Crippen LogP contribution in [0.15, 0.2) is 24.3 Å². The van der Waals surface area contributed by atoms with E-state index < -0.39 is 0 Å². The van der Waals surface area contributed by atoms with Crippen LogP contribution < -0.4 is 0 Å². The number of nitrogens with zero attached hydrogens (tertiary/aromatic N) is 1. The van der Waals surface area contributed by atoms with Gasteiger partial charge < -0.3 is 0 Å². The summed E-state index contributed by atoms with van der Waals surface area (Å²) < 4.78 is 0. The van der Waals surface area contributed by atoms with Gasteiger partial charge in [-0.3, -0.25) is 4.98 Å². The first-order valence-corrected chi connectivity index (χ1v) is 15.6. The van der Waals surface area contributed by atoms with Gasteiger partial charge in [0.2, 0.25) is 0 Å². The van der Waals surface area contributed by atoms with E-state index in [4.69, 9.17) is 4.98 Å². The van der Waals surface area contributed by atoms with Gasteiger partial charge in [0.05, 0.1) is 5.52 Å². The standard InChI is InChI=1S/C35H51N/c1-22(2)8-7-9-24(4)29-13-14-30-28-12-11-27-20-33-26(19-25-18-23(3)10-15-32(25)36-33)21-35(27,6)31(28)16-17-34(29,30)5/h10,15,18-19,22,24,27-31H,7-9,11-14,16-17,20-21H2,1-6H3/t24-,27+,28?,29-,30?,31?,34-,35+/m1/s1. The zero-order chi connectivity index (χ0) is 25.2. The minimum Gasteiger partial charge on any atom is -0.253 e. The van der Waals surface area contributed by atoms with Crippen LogP contribution in [0.1, 0.15) is 109 Å². The highest BCUT2D eigenvalue weighted by Crippen LogP contribution is 2.68. The number of hydrogen-bond acceptors (Lipinski definition) is 1. The summed E-state index contributed by atoms with van der Waals surface area (Å²) in [5.41, 5.74) is 6.61. The molecule has 0 amide bonds. The largest absolute Gasteiger partial charge is 0.253 e. The molecule has 0 aliphatic heterocycles. The first-order chi connectivity index (χ1) is 17.2. The first kappa shape index (κ1) is 24.9. The number of aromatic nitrogens is 1. The third-order valence-corrected chi connectivity index (χ3v) is 12.4. The Kier molecular flexibility index (Phi) is 6.32. The van der Waals surface area contributed by atoms with Crippen molar-refractivity contribution in [1.29, 1.82) is 0 Å². The van der Waals surface area contributed by atoms with E-state index in [1.165, 1.54) is 92.8 Å². The molecule has 2 aromatic rings. The van der Waals surface area contributed by atoms with Crippen LogP contribution in [-0.4, -0.2) is 4.98 Å². The fourth-order valence-electron chi connectivity index (χ4n) is 10.5. The van der Waals surface area contributed by atoms with Crippen LogP contribution in [0.4, 0.5) is 0 Å². The van der Waals surface area contributed by atoms with Crippen molar-refractivity contribution in [1.82, 2.24) is 4.98 Å². The normalized spacial score (nSPS) is 38.4. The van der Waals surface area contributed by atoms with Crippen LogP contribution in [-0.2, 0) is 12.8 Å². The van der Waals surface area contributed by atoms with E-state index in [-0.39, 0.29) is 0 Å². The van der Waals surface area contributed by atoms with Crippen LogP contribution in [0.5, 0.6) is 0 Å². The van der Waals surface area contributed by atoms with Crippen LogP contribution in [0.25, 0.3) is 10.9 Å². The van der Waals surface area contributed by atoms with Gasteiger partial charge in [0.25, 0.3) is 0 Å². The van der Waals surface area contributed by atoms with Crippen molar-refractivity contribution in [3.8, 4) is 0 Å². The maximum atomic E-state index is 5.21. The molecule has 0 spiro atoms. The highest BCUT2D eigenvalue weighted by molar-refractivity contribution is 5.80. The summed E-state index contributed by atoms with van der Waals surface area (Å²) in [4.78, 5) is 5.21. The summed E-state index contributed by atoms with van der Waals surface area (Å²) in [6.45, 7) is 15.0. The first-order valence-electron chi connectivity index (χ1n) is 15.6. The molecule has 3 unspecified atom stereocenters. The number of fused-ring (bicyclic) bond motifs is 7. The van der Waals surface area contributed by atoms with Crippen molar-refractivity contribution >= 4 is 10.9 Å². The van der Waals surface area contributed by atoms with E-state index in [0.717, 1.165) is 41.4 Å². The predicted octanol–water partition coefficient (Wildman–Crippen LogP) is 9.58. The molecule has 196 valence electrons. The molecular formula is C35H51N. The van der Waals surface area contributed by atoms with Crippen molar-refractivity contribution in [3.63, 3.8) is 0 Å². The molecule has 36 heavy (non-hydrogen) atoms. The number of pyridine rings is 1. The Bertz CT molecular complexity index is 1120. The summed E-state index contributed by atoms with van der Waals surface area (Å²) >= 11 is 0. The molecule has 1 heterocycles. The topological polar surface area (TPSA) is 12.9 Å². The maximum absolute atomic E-state index is 5.21. The lowest BCUT2D eigenvalue weighted by Gasteiger charge is -2.60. The van der Waals surface area contributed by atoms with E-state index in [1.54, 1.807) is 5.56 Å². The molecular weight excluding hydrogens is 434 g/mol. The second-order valence-corrected chi connectivity index (χ2v) is 14.9. The van der Waals surface area contributed by atoms with E-state index in [0.29, 0.717) is 10.8 Å². The summed E-state index contributed by atoms with van der Waals surface area (Å²) in [5, 5.41) is 1.35. The van der Waals surface area contributed by atoms with Crippen molar-refractivity contribution in [2.24, 2.45) is 52.3 Å². The third-order valence-electron chi connectivity index (χ3n) is 12.4. The van der Waals surface area contributed by atoms with Gasteiger partial charge in [-0.1, -0.05) is 65.5 Å². The minimum atomic E-state index is 0.470. The summed E-state index contributed by atoms with van der Waals surface area (Å²) in [6.07, 6.45) is 15.7. The van der Waals surface area contributed by atoms with E-state index in [2.05, 4.69) is 65.8 Å². The Balaban J connectivity index is 1.23. The van der Waals surface area contributed by atoms with Crippen molar-refractivity contribution < 1.29 is 0 Å². The van der Waals surface area contributed by atoms with Gasteiger partial charge in [-0.25, -0.2) is 0 Å². The Hall–Kier alpha value is -1.37. The number of aryl methyl sites for hydroxylation is 1. The molecule has 0 N–H and O–H groups in total. The van der Waals surface area contributed by atoms with Gasteiger partial charge in [0.1, 0.15) is 0 Å². The quantitative estimate of drug-likeness (QED) is 0.411. The molecule has 3 saturated carbocycles. The Labute approximate surface area is 221 Å². The highest BCUT2D eigenvalue weighted by atomic mass is 14.7. The van der Waals surface area contributed by atoms with Crippen LogP contribution in [0.2, 0.25) is 0 Å². The predicted molar refractivity (Wildman–Crippen MR) is 153 cm³/mol. The van der Waals surface area contributed by atoms with Gasteiger partial charge in [-0.05, 0) is 134 Å². The van der Waals surface area contributed by atoms with Crippen LogP contribution >= 0.6 is 0 Å². The number of rotatable bonds is 5.